The van der Waals surface area contributed by atoms with E-state index in [0.29, 0.717) is 34.9 Å². The van der Waals surface area contributed by atoms with Gasteiger partial charge in [-0.25, -0.2) is 0 Å². The summed E-state index contributed by atoms with van der Waals surface area (Å²) in [6, 6.07) is 4.88. The Morgan fingerprint density at radius 3 is 3.11 bits per heavy atom. The van der Waals surface area contributed by atoms with Crippen molar-refractivity contribution in [3.05, 3.63) is 23.2 Å². The van der Waals surface area contributed by atoms with Gasteiger partial charge in [0.1, 0.15) is 6.61 Å². The molecule has 1 heterocycles. The fourth-order valence-corrected chi connectivity index (χ4v) is 1.79. The molecule has 102 valence electrons. The van der Waals surface area contributed by atoms with Crippen molar-refractivity contribution >= 4 is 29.0 Å². The molecular formula is C12H13ClN2O4. The van der Waals surface area contributed by atoms with Crippen LogP contribution in [0.1, 0.15) is 0 Å². The molecule has 7 heteroatoms. The Labute approximate surface area is 114 Å². The minimum absolute atomic E-state index is 0.223. The molecule has 1 atom stereocenters. The average Bonchev–Trinajstić information content (AvgIpc) is 2.79. The van der Waals surface area contributed by atoms with Gasteiger partial charge in [0.2, 0.25) is 6.41 Å². The summed E-state index contributed by atoms with van der Waals surface area (Å²) in [6.45, 7) is 0.565. The van der Waals surface area contributed by atoms with Crippen LogP contribution >= 0.6 is 11.6 Å². The van der Waals surface area contributed by atoms with Crippen molar-refractivity contribution in [2.45, 2.75) is 6.04 Å². The van der Waals surface area contributed by atoms with E-state index in [-0.39, 0.29) is 12.6 Å². The number of amides is 1. The molecule has 0 aliphatic heterocycles. The highest BCUT2D eigenvalue weighted by atomic mass is 35.5. The Bertz CT molecular complexity index is 558. The van der Waals surface area contributed by atoms with E-state index in [1.165, 1.54) is 0 Å². The fourth-order valence-electron chi connectivity index (χ4n) is 1.61. The van der Waals surface area contributed by atoms with Crippen LogP contribution in [-0.2, 0) is 9.53 Å². The van der Waals surface area contributed by atoms with E-state index in [4.69, 9.17) is 25.6 Å². The summed E-state index contributed by atoms with van der Waals surface area (Å²) in [6.07, 6.45) is 0.602. The van der Waals surface area contributed by atoms with Crippen LogP contribution in [0.4, 0.5) is 0 Å². The molecule has 2 rings (SSSR count). The third-order valence-corrected chi connectivity index (χ3v) is 2.73. The molecule has 0 aliphatic rings. The van der Waals surface area contributed by atoms with Gasteiger partial charge in [-0.1, -0.05) is 11.6 Å². The predicted molar refractivity (Wildman–Crippen MR) is 69.4 cm³/mol. The summed E-state index contributed by atoms with van der Waals surface area (Å²) in [4.78, 5) is 10.4. The third kappa shape index (κ3) is 3.36. The molecule has 0 spiro atoms. The van der Waals surface area contributed by atoms with Crippen molar-refractivity contribution in [1.29, 1.82) is 0 Å². The van der Waals surface area contributed by atoms with Crippen molar-refractivity contribution in [3.8, 4) is 5.88 Å². The van der Waals surface area contributed by atoms with Gasteiger partial charge in [-0.2, -0.15) is 0 Å². The lowest BCUT2D eigenvalue weighted by Gasteiger charge is -2.14. The molecule has 6 nitrogen and oxygen atoms in total. The number of benzene rings is 1. The van der Waals surface area contributed by atoms with Gasteiger partial charge in [0.15, 0.2) is 5.58 Å². The number of fused-ring (bicyclic) bond motifs is 1. The van der Waals surface area contributed by atoms with Gasteiger partial charge in [0.05, 0.1) is 18.0 Å². The molecule has 0 saturated heterocycles. The molecule has 1 unspecified atom stereocenters. The lowest BCUT2D eigenvalue weighted by Crippen LogP contribution is -2.37. The van der Waals surface area contributed by atoms with E-state index in [2.05, 4.69) is 10.5 Å². The number of nitrogens with zero attached hydrogens (tertiary/aromatic N) is 1. The molecule has 19 heavy (non-hydrogen) atoms. The first-order chi connectivity index (χ1) is 9.24. The van der Waals surface area contributed by atoms with Gasteiger partial charge in [0, 0.05) is 12.1 Å². The second kappa shape index (κ2) is 6.40. The zero-order valence-corrected chi connectivity index (χ0v) is 11.0. The Kier molecular flexibility index (Phi) is 4.59. The van der Waals surface area contributed by atoms with E-state index in [1.807, 2.05) is 0 Å². The SMILES string of the molecule is COCC(COc1noc2ccc(Cl)cc12)NC=O. The highest BCUT2D eigenvalue weighted by Crippen LogP contribution is 2.27. The second-order valence-corrected chi connectivity index (χ2v) is 4.31. The van der Waals surface area contributed by atoms with Gasteiger partial charge in [-0.3, -0.25) is 4.79 Å². The molecule has 1 aromatic carbocycles. The molecule has 1 N–H and O–H groups in total. The lowest BCUT2D eigenvalue weighted by molar-refractivity contribution is -0.110. The van der Waals surface area contributed by atoms with Crippen molar-refractivity contribution in [1.82, 2.24) is 10.5 Å². The topological polar surface area (TPSA) is 73.6 Å². The van der Waals surface area contributed by atoms with E-state index in [9.17, 15) is 4.79 Å². The summed E-state index contributed by atoms with van der Waals surface area (Å²) in [5.74, 6) is 0.339. The monoisotopic (exact) mass is 284 g/mol. The van der Waals surface area contributed by atoms with E-state index in [1.54, 1.807) is 25.3 Å². The van der Waals surface area contributed by atoms with Crippen LogP contribution in [0.2, 0.25) is 5.02 Å². The zero-order chi connectivity index (χ0) is 13.7. The minimum Gasteiger partial charge on any atom is -0.473 e. The summed E-state index contributed by atoms with van der Waals surface area (Å²) in [5, 5.41) is 7.67. The maximum atomic E-state index is 10.4. The number of carbonyl (C=O) groups is 1. The highest BCUT2D eigenvalue weighted by molar-refractivity contribution is 6.31. The number of hydrogen-bond donors (Lipinski definition) is 1. The molecular weight excluding hydrogens is 272 g/mol. The molecule has 2 aromatic rings. The largest absolute Gasteiger partial charge is 0.473 e. The number of nitrogens with one attached hydrogen (secondary N) is 1. The van der Waals surface area contributed by atoms with Gasteiger partial charge in [-0.15, -0.1) is 0 Å². The summed E-state index contributed by atoms with van der Waals surface area (Å²) < 4.78 is 15.6. The summed E-state index contributed by atoms with van der Waals surface area (Å²) in [5.41, 5.74) is 0.589. The lowest BCUT2D eigenvalue weighted by atomic mass is 10.2. The van der Waals surface area contributed by atoms with Gasteiger partial charge >= 0.3 is 0 Å². The first kappa shape index (κ1) is 13.6. The molecule has 0 aliphatic carbocycles. The first-order valence-corrected chi connectivity index (χ1v) is 5.98. The minimum atomic E-state index is -0.256. The van der Waals surface area contributed by atoms with Gasteiger partial charge in [-0.05, 0) is 23.4 Å². The van der Waals surface area contributed by atoms with Crippen LogP contribution < -0.4 is 10.1 Å². The normalized spacial score (nSPS) is 12.3. The average molecular weight is 285 g/mol. The second-order valence-electron chi connectivity index (χ2n) is 3.88. The third-order valence-electron chi connectivity index (χ3n) is 2.49. The van der Waals surface area contributed by atoms with E-state index >= 15 is 0 Å². The Morgan fingerprint density at radius 1 is 1.53 bits per heavy atom. The van der Waals surface area contributed by atoms with E-state index in [0.717, 1.165) is 0 Å². The summed E-state index contributed by atoms with van der Waals surface area (Å²) >= 11 is 5.91. The Hall–Kier alpha value is -1.79. The molecule has 1 amide bonds. The van der Waals surface area contributed by atoms with Crippen LogP contribution in [0.25, 0.3) is 11.0 Å². The van der Waals surface area contributed by atoms with Crippen LogP contribution in [0.5, 0.6) is 5.88 Å². The van der Waals surface area contributed by atoms with Crippen molar-refractivity contribution in [2.24, 2.45) is 0 Å². The van der Waals surface area contributed by atoms with Crippen LogP contribution in [0, 0.1) is 0 Å². The van der Waals surface area contributed by atoms with Crippen molar-refractivity contribution in [3.63, 3.8) is 0 Å². The molecule has 0 radical (unpaired) electrons. The molecule has 1 aromatic heterocycles. The summed E-state index contributed by atoms with van der Waals surface area (Å²) in [7, 11) is 1.55. The number of rotatable bonds is 7. The Morgan fingerprint density at radius 2 is 2.37 bits per heavy atom. The van der Waals surface area contributed by atoms with E-state index < -0.39 is 0 Å². The number of hydrogen-bond acceptors (Lipinski definition) is 5. The van der Waals surface area contributed by atoms with Crippen molar-refractivity contribution in [2.75, 3.05) is 20.3 Å². The smallest absolute Gasteiger partial charge is 0.262 e. The number of ether oxygens (including phenoxy) is 2. The number of carbonyl (C=O) groups excluding carboxylic acids is 1. The molecule has 0 bridgehead atoms. The van der Waals surface area contributed by atoms with Gasteiger partial charge < -0.3 is 19.3 Å². The molecule has 0 saturated carbocycles. The number of halogens is 1. The van der Waals surface area contributed by atoms with Crippen LogP contribution in [-0.4, -0.2) is 37.9 Å². The number of methoxy groups -OCH3 is 1. The first-order valence-electron chi connectivity index (χ1n) is 5.61. The van der Waals surface area contributed by atoms with Crippen LogP contribution in [0.3, 0.4) is 0 Å². The van der Waals surface area contributed by atoms with Crippen molar-refractivity contribution < 1.29 is 18.8 Å². The quantitative estimate of drug-likeness (QED) is 0.782. The highest BCUT2D eigenvalue weighted by Gasteiger charge is 2.13. The molecule has 0 fully saturated rings. The van der Waals surface area contributed by atoms with Gasteiger partial charge in [0.25, 0.3) is 5.88 Å². The maximum Gasteiger partial charge on any atom is 0.262 e. The fraction of sp³-hybridized carbons (Fsp3) is 0.333. The number of aromatic nitrogens is 1. The predicted octanol–water partition coefficient (Wildman–Crippen LogP) is 1.62. The van der Waals surface area contributed by atoms with Crippen LogP contribution in [0.15, 0.2) is 22.7 Å². The Balaban J connectivity index is 2.08. The standard InChI is InChI=1S/C12H13ClN2O4/c1-17-5-9(14-7-16)6-18-12-10-4-8(13)2-3-11(10)19-15-12/h2-4,7,9H,5-6H2,1H3,(H,14,16). The zero-order valence-electron chi connectivity index (χ0n) is 10.3. The maximum absolute atomic E-state index is 10.4.